The van der Waals surface area contributed by atoms with Crippen molar-refractivity contribution in [1.82, 2.24) is 0 Å². The van der Waals surface area contributed by atoms with E-state index in [9.17, 15) is 4.79 Å². The third-order valence-corrected chi connectivity index (χ3v) is 6.46. The molecule has 5 heteroatoms. The Morgan fingerprint density at radius 3 is 2.61 bits per heavy atom. The molecule has 0 unspecified atom stereocenters. The molecule has 6 rings (SSSR count). The van der Waals surface area contributed by atoms with Crippen LogP contribution in [0.5, 0.6) is 11.5 Å². The van der Waals surface area contributed by atoms with Crippen molar-refractivity contribution in [2.75, 3.05) is 19.0 Å². The van der Waals surface area contributed by atoms with Crippen molar-refractivity contribution in [2.24, 2.45) is 5.92 Å². The lowest BCUT2D eigenvalue weighted by molar-refractivity contribution is 0.176. The number of hydrogen-bond acceptors (Lipinski definition) is 5. The first kappa shape index (κ1) is 18.1. The van der Waals surface area contributed by atoms with E-state index in [1.807, 2.05) is 60.7 Å². The van der Waals surface area contributed by atoms with E-state index in [2.05, 4.69) is 17.4 Å². The molecule has 0 bridgehead atoms. The molecule has 2 aliphatic heterocycles. The van der Waals surface area contributed by atoms with Crippen LogP contribution >= 0.6 is 0 Å². The lowest BCUT2D eigenvalue weighted by Crippen LogP contribution is -2.40. The molecule has 3 aromatic carbocycles. The summed E-state index contributed by atoms with van der Waals surface area (Å²) in [5.41, 5.74) is 3.93. The second kappa shape index (κ2) is 6.91. The van der Waals surface area contributed by atoms with Crippen LogP contribution < -0.4 is 20.4 Å². The van der Waals surface area contributed by atoms with Gasteiger partial charge in [-0.1, -0.05) is 60.7 Å². The summed E-state index contributed by atoms with van der Waals surface area (Å²) < 4.78 is 17.5. The highest BCUT2D eigenvalue weighted by Crippen LogP contribution is 2.53. The second-order valence-corrected chi connectivity index (χ2v) is 8.04. The summed E-state index contributed by atoms with van der Waals surface area (Å²) >= 11 is 0. The molecule has 0 saturated carbocycles. The zero-order valence-electron chi connectivity index (χ0n) is 17.0. The number of anilines is 1. The van der Waals surface area contributed by atoms with E-state index in [0.717, 1.165) is 27.8 Å². The van der Waals surface area contributed by atoms with Crippen molar-refractivity contribution in [3.63, 3.8) is 0 Å². The van der Waals surface area contributed by atoms with Crippen LogP contribution in [0.3, 0.4) is 0 Å². The number of rotatable bonds is 2. The second-order valence-electron chi connectivity index (χ2n) is 8.04. The molecule has 1 N–H and O–H groups in total. The molecule has 0 fully saturated rings. The van der Waals surface area contributed by atoms with Crippen LogP contribution in [0.1, 0.15) is 28.7 Å². The van der Waals surface area contributed by atoms with Crippen LogP contribution in [0.15, 0.2) is 82.0 Å². The molecule has 0 saturated heterocycles. The van der Waals surface area contributed by atoms with Gasteiger partial charge in [0.1, 0.15) is 11.3 Å². The van der Waals surface area contributed by atoms with Crippen molar-refractivity contribution in [3.8, 4) is 11.5 Å². The van der Waals surface area contributed by atoms with Gasteiger partial charge in [-0.05, 0) is 17.7 Å². The van der Waals surface area contributed by atoms with Crippen molar-refractivity contribution in [1.29, 1.82) is 0 Å². The van der Waals surface area contributed by atoms with Crippen LogP contribution in [-0.2, 0) is 0 Å². The zero-order chi connectivity index (χ0) is 20.9. The molecule has 0 radical (unpaired) electrons. The monoisotopic (exact) mass is 411 g/mol. The average molecular weight is 411 g/mol. The highest BCUT2D eigenvalue weighted by atomic mass is 16.5. The summed E-state index contributed by atoms with van der Waals surface area (Å²) in [5, 5.41) is 4.48. The van der Waals surface area contributed by atoms with Gasteiger partial charge < -0.3 is 19.2 Å². The molecule has 3 heterocycles. The summed E-state index contributed by atoms with van der Waals surface area (Å²) in [5.74, 6) is 1.51. The van der Waals surface area contributed by atoms with Gasteiger partial charge in [-0.2, -0.15) is 0 Å². The zero-order valence-corrected chi connectivity index (χ0v) is 17.0. The van der Waals surface area contributed by atoms with Gasteiger partial charge in [0.25, 0.3) is 0 Å². The third kappa shape index (κ3) is 2.66. The van der Waals surface area contributed by atoms with Crippen molar-refractivity contribution >= 4 is 16.7 Å². The van der Waals surface area contributed by atoms with E-state index in [1.54, 1.807) is 7.11 Å². The predicted octanol–water partition coefficient (Wildman–Crippen LogP) is 5.11. The first-order chi connectivity index (χ1) is 15.3. The Bertz CT molecular complexity index is 1340. The molecule has 0 aliphatic carbocycles. The van der Waals surface area contributed by atoms with Gasteiger partial charge in [-0.3, -0.25) is 0 Å². The minimum Gasteiger partial charge on any atom is -0.493 e. The van der Waals surface area contributed by atoms with E-state index < -0.39 is 0 Å². The highest BCUT2D eigenvalue weighted by molar-refractivity contribution is 5.87. The summed E-state index contributed by atoms with van der Waals surface area (Å²) in [7, 11) is 1.64. The van der Waals surface area contributed by atoms with Gasteiger partial charge >= 0.3 is 5.63 Å². The molecule has 154 valence electrons. The molecule has 3 atom stereocenters. The number of methoxy groups -OCH3 is 1. The quantitative estimate of drug-likeness (QED) is 0.465. The maximum absolute atomic E-state index is 13.1. The van der Waals surface area contributed by atoms with Crippen LogP contribution in [0.25, 0.3) is 11.0 Å². The number of hydrogen-bond donors (Lipinski definition) is 1. The summed E-state index contributed by atoms with van der Waals surface area (Å²) in [6, 6.07) is 23.9. The van der Waals surface area contributed by atoms with E-state index in [1.165, 1.54) is 0 Å². The van der Waals surface area contributed by atoms with E-state index >= 15 is 0 Å². The Hall–Kier alpha value is -3.73. The number of para-hydroxylation sites is 2. The summed E-state index contributed by atoms with van der Waals surface area (Å²) in [6.45, 7) is 0.512. The Morgan fingerprint density at radius 1 is 0.968 bits per heavy atom. The minimum absolute atomic E-state index is 0.0178. The van der Waals surface area contributed by atoms with Crippen molar-refractivity contribution in [2.45, 2.75) is 12.0 Å². The van der Waals surface area contributed by atoms with Gasteiger partial charge in [0.15, 0.2) is 11.5 Å². The van der Waals surface area contributed by atoms with Gasteiger partial charge in [0.05, 0.1) is 19.8 Å². The van der Waals surface area contributed by atoms with Gasteiger partial charge in [0, 0.05) is 28.3 Å². The van der Waals surface area contributed by atoms with Crippen LogP contribution in [0, 0.1) is 5.92 Å². The molecular formula is C26H21NO4. The van der Waals surface area contributed by atoms with Crippen LogP contribution in [-0.4, -0.2) is 13.7 Å². The van der Waals surface area contributed by atoms with Gasteiger partial charge in [0.2, 0.25) is 0 Å². The first-order valence-electron chi connectivity index (χ1n) is 10.4. The Balaban J connectivity index is 1.64. The fourth-order valence-electron chi connectivity index (χ4n) is 5.15. The number of benzene rings is 3. The van der Waals surface area contributed by atoms with E-state index in [0.29, 0.717) is 23.6 Å². The highest BCUT2D eigenvalue weighted by Gasteiger charge is 2.45. The Kier molecular flexibility index (Phi) is 4.03. The topological polar surface area (TPSA) is 60.7 Å². The normalized spacial score (nSPS) is 21.3. The largest absolute Gasteiger partial charge is 0.493 e. The maximum atomic E-state index is 13.1. The van der Waals surface area contributed by atoms with Gasteiger partial charge in [-0.15, -0.1) is 0 Å². The fourth-order valence-corrected chi connectivity index (χ4v) is 5.15. The SMILES string of the molecule is COc1cccc2c1OC[C@H]1[C@H](c3ccccc3)c3c(c(=O)oc4ccccc34)N[C@H]21. The molecule has 5 nitrogen and oxygen atoms in total. The fraction of sp³-hybridized carbons (Fsp3) is 0.192. The summed E-state index contributed by atoms with van der Waals surface area (Å²) in [4.78, 5) is 13.1. The molecule has 1 aromatic heterocycles. The molecule has 31 heavy (non-hydrogen) atoms. The smallest absolute Gasteiger partial charge is 0.360 e. The number of ether oxygens (including phenoxy) is 2. The lowest BCUT2D eigenvalue weighted by Gasteiger charge is -2.44. The number of fused-ring (bicyclic) bond motifs is 6. The Labute approximate surface area is 179 Å². The Morgan fingerprint density at radius 2 is 1.77 bits per heavy atom. The molecule has 4 aromatic rings. The molecule has 2 aliphatic rings. The first-order valence-corrected chi connectivity index (χ1v) is 10.4. The number of nitrogens with one attached hydrogen (secondary N) is 1. The van der Waals surface area contributed by atoms with Crippen LogP contribution in [0.4, 0.5) is 5.69 Å². The molecule has 0 amide bonds. The maximum Gasteiger partial charge on any atom is 0.360 e. The predicted molar refractivity (Wildman–Crippen MR) is 119 cm³/mol. The van der Waals surface area contributed by atoms with Gasteiger partial charge in [-0.25, -0.2) is 4.79 Å². The third-order valence-electron chi connectivity index (χ3n) is 6.46. The standard InChI is InChI=1S/C26H21NO4/c1-29-20-13-7-11-17-23-18(14-30-25(17)20)21(15-8-3-2-4-9-15)22-16-10-5-6-12-19(16)31-26(28)24(22)27-23/h2-13,18,21,23,27H,14H2,1H3/t18-,21-,23+/m0/s1. The van der Waals surface area contributed by atoms with E-state index in [4.69, 9.17) is 13.9 Å². The lowest BCUT2D eigenvalue weighted by atomic mass is 9.71. The average Bonchev–Trinajstić information content (AvgIpc) is 2.83. The summed E-state index contributed by atoms with van der Waals surface area (Å²) in [6.07, 6.45) is 0. The van der Waals surface area contributed by atoms with Crippen LogP contribution in [0.2, 0.25) is 0 Å². The van der Waals surface area contributed by atoms with Crippen molar-refractivity contribution < 1.29 is 13.9 Å². The molecular weight excluding hydrogens is 390 g/mol. The minimum atomic E-state index is -0.344. The molecule has 0 spiro atoms. The van der Waals surface area contributed by atoms with E-state index in [-0.39, 0.29) is 23.5 Å². The van der Waals surface area contributed by atoms with Crippen molar-refractivity contribution in [3.05, 3.63) is 99.9 Å².